The van der Waals surface area contributed by atoms with Crippen LogP contribution in [0.2, 0.25) is 0 Å². The fraction of sp³-hybridized carbons (Fsp3) is 0.607. The minimum Gasteiger partial charge on any atom is -0.496 e. The normalized spacial score (nSPS) is 19.6. The molecule has 0 bridgehead atoms. The van der Waals surface area contributed by atoms with Crippen molar-refractivity contribution in [1.82, 2.24) is 0 Å². The van der Waals surface area contributed by atoms with Crippen LogP contribution >= 0.6 is 0 Å². The summed E-state index contributed by atoms with van der Waals surface area (Å²) in [5.74, 6) is 1.89. The minimum absolute atomic E-state index is 0.142. The topological polar surface area (TPSA) is 74.2 Å². The Morgan fingerprint density at radius 3 is 2.68 bits per heavy atom. The number of rotatable bonds is 11. The Morgan fingerprint density at radius 2 is 2.03 bits per heavy atom. The number of ether oxygens (including phenoxy) is 4. The fourth-order valence-corrected chi connectivity index (χ4v) is 4.52. The maximum Gasteiger partial charge on any atom is 0.374 e. The van der Waals surface area contributed by atoms with Gasteiger partial charge in [-0.1, -0.05) is 52.5 Å². The number of carbonyl (C=O) groups is 1. The molecule has 34 heavy (non-hydrogen) atoms. The van der Waals surface area contributed by atoms with Crippen molar-refractivity contribution in [3.8, 4) is 17.2 Å². The molecule has 1 N–H and O–H groups in total. The summed E-state index contributed by atoms with van der Waals surface area (Å²) in [7, 11) is 1.64. The quantitative estimate of drug-likeness (QED) is 0.315. The Morgan fingerprint density at radius 1 is 1.26 bits per heavy atom. The second kappa shape index (κ2) is 11.3. The highest BCUT2D eigenvalue weighted by molar-refractivity contribution is 5.95. The highest BCUT2D eigenvalue weighted by Crippen LogP contribution is 2.50. The van der Waals surface area contributed by atoms with E-state index in [0.29, 0.717) is 36.0 Å². The summed E-state index contributed by atoms with van der Waals surface area (Å²) in [5, 5.41) is 11.2. The van der Waals surface area contributed by atoms with Gasteiger partial charge in [0.1, 0.15) is 23.4 Å². The number of unbranched alkanes of at least 4 members (excludes halogenated alkanes) is 3. The molecule has 0 radical (unpaired) electrons. The van der Waals surface area contributed by atoms with Crippen molar-refractivity contribution in [2.24, 2.45) is 5.92 Å². The number of benzene rings is 1. The highest BCUT2D eigenvalue weighted by Gasteiger charge is 2.41. The van der Waals surface area contributed by atoms with Crippen LogP contribution in [0.25, 0.3) is 5.57 Å². The minimum atomic E-state index is -0.955. The van der Waals surface area contributed by atoms with Crippen molar-refractivity contribution in [2.45, 2.75) is 91.3 Å². The molecule has 0 saturated heterocycles. The van der Waals surface area contributed by atoms with Gasteiger partial charge in [-0.25, -0.2) is 4.79 Å². The van der Waals surface area contributed by atoms with Gasteiger partial charge in [-0.05, 0) is 44.3 Å². The van der Waals surface area contributed by atoms with Gasteiger partial charge < -0.3 is 24.1 Å². The Bertz CT molecular complexity index is 941. The smallest absolute Gasteiger partial charge is 0.374 e. The van der Waals surface area contributed by atoms with Crippen LogP contribution in [0.15, 0.2) is 24.0 Å². The van der Waals surface area contributed by atoms with Crippen LogP contribution in [0.1, 0.15) is 84.3 Å². The van der Waals surface area contributed by atoms with E-state index in [9.17, 15) is 9.90 Å². The van der Waals surface area contributed by atoms with Gasteiger partial charge in [0.2, 0.25) is 5.76 Å². The maximum absolute atomic E-state index is 12.5. The molecule has 6 heteroatoms. The molecule has 2 aliphatic rings. The van der Waals surface area contributed by atoms with E-state index in [1.165, 1.54) is 6.42 Å². The zero-order chi connectivity index (χ0) is 24.9. The van der Waals surface area contributed by atoms with E-state index in [4.69, 9.17) is 18.9 Å². The Labute approximate surface area is 203 Å². The lowest BCUT2D eigenvalue weighted by molar-refractivity contribution is -0.141. The molecule has 2 atom stereocenters. The van der Waals surface area contributed by atoms with Crippen molar-refractivity contribution in [2.75, 3.05) is 13.7 Å². The molecule has 0 amide bonds. The summed E-state index contributed by atoms with van der Waals surface area (Å²) in [6.07, 6.45) is 9.93. The van der Waals surface area contributed by atoms with E-state index in [-0.39, 0.29) is 18.5 Å². The van der Waals surface area contributed by atoms with Crippen molar-refractivity contribution in [3.05, 3.63) is 35.1 Å². The van der Waals surface area contributed by atoms with Gasteiger partial charge in [-0.3, -0.25) is 0 Å². The molecule has 0 fully saturated rings. The molecular formula is C28H40O6. The molecule has 1 aromatic rings. The van der Waals surface area contributed by atoms with Crippen molar-refractivity contribution < 1.29 is 28.8 Å². The first-order chi connectivity index (χ1) is 16.2. The number of methoxy groups -OCH3 is 1. The van der Waals surface area contributed by atoms with Gasteiger partial charge in [0.05, 0.1) is 24.9 Å². The summed E-state index contributed by atoms with van der Waals surface area (Å²) < 4.78 is 23.3. The van der Waals surface area contributed by atoms with Crippen molar-refractivity contribution >= 4 is 11.5 Å². The average molecular weight is 473 g/mol. The molecule has 0 aromatic heterocycles. The van der Waals surface area contributed by atoms with Crippen LogP contribution in [-0.2, 0) is 16.0 Å². The zero-order valence-corrected chi connectivity index (χ0v) is 21.5. The molecule has 2 heterocycles. The summed E-state index contributed by atoms with van der Waals surface area (Å²) in [6, 6.07) is 1.82. The molecular weight excluding hydrogens is 432 g/mol. The summed E-state index contributed by atoms with van der Waals surface area (Å²) in [5.41, 5.74) is 1.64. The average Bonchev–Trinajstić information content (AvgIpc) is 3.23. The van der Waals surface area contributed by atoms with Gasteiger partial charge in [-0.15, -0.1) is 0 Å². The van der Waals surface area contributed by atoms with Gasteiger partial charge in [0, 0.05) is 18.1 Å². The number of aliphatic hydroxyl groups is 1. The van der Waals surface area contributed by atoms with E-state index < -0.39 is 11.6 Å². The molecule has 0 spiro atoms. The molecule has 3 rings (SSSR count). The Balaban J connectivity index is 1.96. The van der Waals surface area contributed by atoms with E-state index in [1.54, 1.807) is 20.1 Å². The third kappa shape index (κ3) is 5.77. The van der Waals surface area contributed by atoms with Crippen molar-refractivity contribution in [1.29, 1.82) is 0 Å². The van der Waals surface area contributed by atoms with Crippen LogP contribution in [0.3, 0.4) is 0 Å². The number of hydrogen-bond acceptors (Lipinski definition) is 6. The van der Waals surface area contributed by atoms with E-state index in [1.807, 2.05) is 13.0 Å². The number of hydrogen-bond donors (Lipinski definition) is 1. The van der Waals surface area contributed by atoms with Crippen LogP contribution < -0.4 is 14.2 Å². The zero-order valence-electron chi connectivity index (χ0n) is 21.5. The van der Waals surface area contributed by atoms with Crippen molar-refractivity contribution in [3.63, 3.8) is 0 Å². The lowest BCUT2D eigenvalue weighted by atomic mass is 9.88. The molecule has 0 aliphatic carbocycles. The summed E-state index contributed by atoms with van der Waals surface area (Å²) in [4.78, 5) is 12.5. The Kier molecular flexibility index (Phi) is 8.69. The third-order valence-electron chi connectivity index (χ3n) is 6.48. The number of fused-ring (bicyclic) bond motifs is 2. The molecule has 2 aliphatic heterocycles. The molecule has 6 nitrogen and oxygen atoms in total. The maximum atomic E-state index is 12.5. The third-order valence-corrected chi connectivity index (χ3v) is 6.48. The van der Waals surface area contributed by atoms with Crippen LogP contribution in [-0.4, -0.2) is 36.5 Å². The van der Waals surface area contributed by atoms with E-state index in [0.717, 1.165) is 42.4 Å². The molecule has 188 valence electrons. The van der Waals surface area contributed by atoms with Crippen LogP contribution in [0.4, 0.5) is 0 Å². The van der Waals surface area contributed by atoms with Gasteiger partial charge in [0.25, 0.3) is 0 Å². The summed E-state index contributed by atoms with van der Waals surface area (Å²) >= 11 is 0. The van der Waals surface area contributed by atoms with Gasteiger partial charge in [-0.2, -0.15) is 0 Å². The van der Waals surface area contributed by atoms with Crippen LogP contribution in [0, 0.1) is 5.92 Å². The monoisotopic (exact) mass is 472 g/mol. The first kappa shape index (κ1) is 26.1. The van der Waals surface area contributed by atoms with Gasteiger partial charge >= 0.3 is 5.97 Å². The van der Waals surface area contributed by atoms with E-state index in [2.05, 4.69) is 26.8 Å². The standard InChI is InChI=1S/C28H40O6/c1-7-9-10-11-14-28(5,30)24-16-20-21(34-24)17-22-25(26(20)31-6)19(13-12-18(3)4)15-23(33-22)27(29)32-8-2/h13,15,17-18,24,30H,7-12,14,16H2,1-6H3/b19-13+/t24-,28-/m0/s1. The number of carbonyl (C=O) groups excluding carboxylic acids is 1. The SMILES string of the molecule is CCCCCC[C@](C)(O)[C@@H]1Cc2c(cc3c(c2OC)/C(=C/CC(C)C)C=C(C(=O)OCC)O3)O1. The number of allylic oxidation sites excluding steroid dienone is 3. The largest absolute Gasteiger partial charge is 0.496 e. The number of esters is 1. The Hall–Kier alpha value is -2.47. The predicted octanol–water partition coefficient (Wildman–Crippen LogP) is 5.99. The predicted molar refractivity (Wildman–Crippen MR) is 133 cm³/mol. The van der Waals surface area contributed by atoms with Gasteiger partial charge in [0.15, 0.2) is 0 Å². The lowest BCUT2D eigenvalue weighted by Gasteiger charge is -2.29. The highest BCUT2D eigenvalue weighted by atomic mass is 16.6. The molecule has 0 unspecified atom stereocenters. The van der Waals surface area contributed by atoms with E-state index >= 15 is 0 Å². The molecule has 0 saturated carbocycles. The summed E-state index contributed by atoms with van der Waals surface area (Å²) in [6.45, 7) is 10.4. The fourth-order valence-electron chi connectivity index (χ4n) is 4.52. The first-order valence-electron chi connectivity index (χ1n) is 12.6. The second-order valence-electron chi connectivity index (χ2n) is 9.86. The first-order valence-corrected chi connectivity index (χ1v) is 12.6. The molecule has 1 aromatic carbocycles. The van der Waals surface area contributed by atoms with Crippen LogP contribution in [0.5, 0.6) is 17.2 Å². The lowest BCUT2D eigenvalue weighted by Crippen LogP contribution is -2.42. The second-order valence-corrected chi connectivity index (χ2v) is 9.86.